The van der Waals surface area contributed by atoms with Crippen LogP contribution in [0.25, 0.3) is 0 Å². The van der Waals surface area contributed by atoms with Crippen molar-refractivity contribution in [3.05, 3.63) is 29.8 Å². The second-order valence-electron chi connectivity index (χ2n) is 6.46. The minimum atomic E-state index is -3.01. The Hall–Kier alpha value is -1.89. The molecule has 6 nitrogen and oxygen atoms in total. The number of esters is 1. The second kappa shape index (κ2) is 7.79. The summed E-state index contributed by atoms with van der Waals surface area (Å²) in [6.45, 7) is 3.80. The zero-order valence-corrected chi connectivity index (χ0v) is 14.8. The molecule has 132 valence electrons. The van der Waals surface area contributed by atoms with Crippen molar-refractivity contribution < 1.29 is 22.7 Å². The van der Waals surface area contributed by atoms with Gasteiger partial charge in [-0.15, -0.1) is 0 Å². The van der Waals surface area contributed by atoms with Crippen molar-refractivity contribution in [2.24, 2.45) is 5.92 Å². The lowest BCUT2D eigenvalue weighted by atomic mass is 10.0. The van der Waals surface area contributed by atoms with Crippen molar-refractivity contribution in [2.75, 3.05) is 23.4 Å². The summed E-state index contributed by atoms with van der Waals surface area (Å²) < 4.78 is 27.6. The molecule has 0 unspecified atom stereocenters. The minimum Gasteiger partial charge on any atom is -0.456 e. The number of ether oxygens (including phenoxy) is 1. The third-order valence-corrected chi connectivity index (χ3v) is 5.84. The zero-order valence-electron chi connectivity index (χ0n) is 13.9. The Kier molecular flexibility index (Phi) is 5.99. The van der Waals surface area contributed by atoms with Gasteiger partial charge in [0, 0.05) is 12.1 Å². The summed E-state index contributed by atoms with van der Waals surface area (Å²) in [7, 11) is -3.01. The summed E-state index contributed by atoms with van der Waals surface area (Å²) in [5, 5.41) is 2.66. The quantitative estimate of drug-likeness (QED) is 0.791. The standard InChI is InChI=1S/C17H23NO5S/c1-12(2)14-3-5-15(6-4-14)18-16(19)10-23-17(20)9-13-7-8-24(21,22)11-13/h3-6,12-13H,7-11H2,1-2H3,(H,18,19)/t13-/m0/s1. The summed E-state index contributed by atoms with van der Waals surface area (Å²) in [5.41, 5.74) is 1.81. The number of hydrogen-bond acceptors (Lipinski definition) is 5. The first kappa shape index (κ1) is 18.4. The lowest BCUT2D eigenvalue weighted by Crippen LogP contribution is -2.22. The van der Waals surface area contributed by atoms with Crippen molar-refractivity contribution in [1.82, 2.24) is 0 Å². The van der Waals surface area contributed by atoms with Crippen LogP contribution in [0.15, 0.2) is 24.3 Å². The zero-order chi connectivity index (χ0) is 17.7. The van der Waals surface area contributed by atoms with Gasteiger partial charge in [-0.25, -0.2) is 8.42 Å². The Morgan fingerprint density at radius 3 is 2.46 bits per heavy atom. The van der Waals surface area contributed by atoms with E-state index in [0.29, 0.717) is 18.0 Å². The summed E-state index contributed by atoms with van der Waals surface area (Å²) >= 11 is 0. The van der Waals surface area contributed by atoms with Gasteiger partial charge in [0.1, 0.15) is 0 Å². The number of carbonyl (C=O) groups is 2. The lowest BCUT2D eigenvalue weighted by molar-refractivity contribution is -0.148. The minimum absolute atomic E-state index is 0.0243. The van der Waals surface area contributed by atoms with E-state index in [-0.39, 0.29) is 30.5 Å². The molecule has 1 amide bonds. The van der Waals surface area contributed by atoms with E-state index in [9.17, 15) is 18.0 Å². The number of rotatable bonds is 6. The van der Waals surface area contributed by atoms with Crippen molar-refractivity contribution in [3.8, 4) is 0 Å². The molecule has 1 N–H and O–H groups in total. The van der Waals surface area contributed by atoms with E-state index in [1.54, 1.807) is 12.1 Å². The topological polar surface area (TPSA) is 89.5 Å². The van der Waals surface area contributed by atoms with Gasteiger partial charge in [0.25, 0.3) is 5.91 Å². The fourth-order valence-electron chi connectivity index (χ4n) is 2.62. The van der Waals surface area contributed by atoms with Crippen LogP contribution in [0.4, 0.5) is 5.69 Å². The van der Waals surface area contributed by atoms with Crippen molar-refractivity contribution in [1.29, 1.82) is 0 Å². The SMILES string of the molecule is CC(C)c1ccc(NC(=O)COC(=O)C[C@@H]2CCS(=O)(=O)C2)cc1. The van der Waals surface area contributed by atoms with Crippen LogP contribution in [0.1, 0.15) is 38.2 Å². The maximum Gasteiger partial charge on any atom is 0.306 e. The number of nitrogens with one attached hydrogen (secondary N) is 1. The maximum absolute atomic E-state index is 11.8. The molecule has 0 aromatic heterocycles. The Labute approximate surface area is 142 Å². The second-order valence-corrected chi connectivity index (χ2v) is 8.69. The summed E-state index contributed by atoms with van der Waals surface area (Å²) in [6.07, 6.45) is 0.515. The third-order valence-electron chi connectivity index (χ3n) is 4.01. The molecule has 1 atom stereocenters. The molecular formula is C17H23NO5S. The predicted molar refractivity (Wildman–Crippen MR) is 91.5 cm³/mol. The van der Waals surface area contributed by atoms with Crippen molar-refractivity contribution in [2.45, 2.75) is 32.6 Å². The molecule has 0 saturated carbocycles. The molecule has 1 heterocycles. The number of amides is 1. The first-order valence-corrected chi connectivity index (χ1v) is 9.83. The average Bonchev–Trinajstić information content (AvgIpc) is 2.84. The largest absolute Gasteiger partial charge is 0.456 e. The van der Waals surface area contributed by atoms with Gasteiger partial charge < -0.3 is 10.1 Å². The molecule has 7 heteroatoms. The van der Waals surface area contributed by atoms with Gasteiger partial charge in [-0.2, -0.15) is 0 Å². The first-order chi connectivity index (χ1) is 11.2. The molecule has 0 aliphatic carbocycles. The molecule has 1 aromatic carbocycles. The van der Waals surface area contributed by atoms with E-state index in [1.165, 1.54) is 5.56 Å². The Morgan fingerprint density at radius 1 is 1.25 bits per heavy atom. The Morgan fingerprint density at radius 2 is 1.92 bits per heavy atom. The molecule has 1 aromatic rings. The van der Waals surface area contributed by atoms with E-state index >= 15 is 0 Å². The van der Waals surface area contributed by atoms with Gasteiger partial charge in [0.2, 0.25) is 0 Å². The van der Waals surface area contributed by atoms with Crippen molar-refractivity contribution in [3.63, 3.8) is 0 Å². The number of anilines is 1. The van der Waals surface area contributed by atoms with Crippen LogP contribution in [0.3, 0.4) is 0 Å². The molecule has 1 saturated heterocycles. The van der Waals surface area contributed by atoms with E-state index < -0.39 is 21.7 Å². The van der Waals surface area contributed by atoms with Gasteiger partial charge in [-0.3, -0.25) is 9.59 Å². The van der Waals surface area contributed by atoms with E-state index in [1.807, 2.05) is 12.1 Å². The van der Waals surface area contributed by atoms with E-state index in [4.69, 9.17) is 4.74 Å². The summed E-state index contributed by atoms with van der Waals surface area (Å²) in [5.74, 6) is -0.597. The highest BCUT2D eigenvalue weighted by Crippen LogP contribution is 2.22. The molecule has 0 radical (unpaired) electrons. The van der Waals surface area contributed by atoms with Crippen LogP contribution in [-0.2, 0) is 24.2 Å². The first-order valence-electron chi connectivity index (χ1n) is 8.01. The summed E-state index contributed by atoms with van der Waals surface area (Å²) in [6, 6.07) is 7.48. The van der Waals surface area contributed by atoms with Crippen LogP contribution >= 0.6 is 0 Å². The lowest BCUT2D eigenvalue weighted by Gasteiger charge is -2.10. The van der Waals surface area contributed by atoms with Crippen LogP contribution < -0.4 is 5.32 Å². The smallest absolute Gasteiger partial charge is 0.306 e. The third kappa shape index (κ3) is 5.63. The van der Waals surface area contributed by atoms with Crippen LogP contribution in [0, 0.1) is 5.92 Å². The molecule has 24 heavy (non-hydrogen) atoms. The molecule has 1 aliphatic heterocycles. The highest BCUT2D eigenvalue weighted by atomic mass is 32.2. The van der Waals surface area contributed by atoms with Gasteiger partial charge in [-0.05, 0) is 36.0 Å². The fraction of sp³-hybridized carbons (Fsp3) is 0.529. The highest BCUT2D eigenvalue weighted by Gasteiger charge is 2.29. The highest BCUT2D eigenvalue weighted by molar-refractivity contribution is 7.91. The molecule has 1 aliphatic rings. The maximum atomic E-state index is 11.8. The monoisotopic (exact) mass is 353 g/mol. The van der Waals surface area contributed by atoms with Gasteiger partial charge in [0.05, 0.1) is 11.5 Å². The van der Waals surface area contributed by atoms with Gasteiger partial charge in [0.15, 0.2) is 16.4 Å². The summed E-state index contributed by atoms with van der Waals surface area (Å²) in [4.78, 5) is 23.5. The van der Waals surface area contributed by atoms with Gasteiger partial charge in [-0.1, -0.05) is 26.0 Å². The predicted octanol–water partition coefficient (Wildman–Crippen LogP) is 2.12. The van der Waals surface area contributed by atoms with E-state index in [0.717, 1.165) is 0 Å². The molecule has 0 bridgehead atoms. The number of hydrogen-bond donors (Lipinski definition) is 1. The van der Waals surface area contributed by atoms with Crippen LogP contribution in [0.2, 0.25) is 0 Å². The van der Waals surface area contributed by atoms with Crippen LogP contribution in [0.5, 0.6) is 0 Å². The number of sulfone groups is 1. The van der Waals surface area contributed by atoms with Crippen LogP contribution in [-0.4, -0.2) is 38.4 Å². The Balaban J connectivity index is 1.73. The fourth-order valence-corrected chi connectivity index (χ4v) is 4.48. The number of carbonyl (C=O) groups excluding carboxylic acids is 2. The van der Waals surface area contributed by atoms with Gasteiger partial charge >= 0.3 is 5.97 Å². The Bertz CT molecular complexity index is 694. The molecular weight excluding hydrogens is 330 g/mol. The number of benzene rings is 1. The van der Waals surface area contributed by atoms with Crippen molar-refractivity contribution >= 4 is 27.4 Å². The van der Waals surface area contributed by atoms with E-state index in [2.05, 4.69) is 19.2 Å². The molecule has 0 spiro atoms. The average molecular weight is 353 g/mol. The molecule has 2 rings (SSSR count). The molecule has 1 fully saturated rings. The normalized spacial score (nSPS) is 19.2.